The summed E-state index contributed by atoms with van der Waals surface area (Å²) in [6.07, 6.45) is 3.05. The van der Waals surface area contributed by atoms with Gasteiger partial charge in [-0.3, -0.25) is 4.79 Å². The third-order valence-corrected chi connectivity index (χ3v) is 2.81. The summed E-state index contributed by atoms with van der Waals surface area (Å²) in [5.74, 6) is 0.544. The smallest absolute Gasteiger partial charge is 0.170 e. The Balaban J connectivity index is 2.24. The second-order valence-corrected chi connectivity index (χ2v) is 4.12. The monoisotopic (exact) mass is 221 g/mol. The molecule has 76 valence electrons. The fourth-order valence-electron chi connectivity index (χ4n) is 1.62. The summed E-state index contributed by atoms with van der Waals surface area (Å²) in [6, 6.07) is 3.47. The van der Waals surface area contributed by atoms with Crippen LogP contribution in [0.4, 0.5) is 0 Å². The zero-order chi connectivity index (χ0) is 10.4. The highest BCUT2D eigenvalue weighted by atomic mass is 35.5. The van der Waals surface area contributed by atoms with Crippen molar-refractivity contribution in [3.8, 4) is 0 Å². The number of hydrogen-bond donors (Lipinski definition) is 0. The third kappa shape index (κ3) is 1.41. The second kappa shape index (κ2) is 3.03. The van der Waals surface area contributed by atoms with Crippen LogP contribution >= 0.6 is 11.6 Å². The van der Waals surface area contributed by atoms with Crippen molar-refractivity contribution in [1.29, 1.82) is 0 Å². The van der Waals surface area contributed by atoms with Gasteiger partial charge in [0.2, 0.25) is 0 Å². The van der Waals surface area contributed by atoms with E-state index in [0.29, 0.717) is 28.7 Å². The number of aromatic nitrogens is 3. The maximum Gasteiger partial charge on any atom is 0.170 e. The van der Waals surface area contributed by atoms with Gasteiger partial charge in [-0.1, -0.05) is 11.6 Å². The van der Waals surface area contributed by atoms with Crippen molar-refractivity contribution in [3.05, 3.63) is 28.7 Å². The summed E-state index contributed by atoms with van der Waals surface area (Å²) in [7, 11) is 0. The van der Waals surface area contributed by atoms with Gasteiger partial charge in [0.25, 0.3) is 0 Å². The van der Waals surface area contributed by atoms with E-state index in [1.807, 2.05) is 6.07 Å². The lowest BCUT2D eigenvalue weighted by atomic mass is 10.3. The molecule has 0 N–H and O–H groups in total. The van der Waals surface area contributed by atoms with Crippen LogP contribution in [-0.4, -0.2) is 20.9 Å². The number of fused-ring (bicyclic) bond motifs is 1. The summed E-state index contributed by atoms with van der Waals surface area (Å²) in [6.45, 7) is 0. The van der Waals surface area contributed by atoms with E-state index < -0.39 is 0 Å². The van der Waals surface area contributed by atoms with Crippen LogP contribution in [0.5, 0.6) is 0 Å². The van der Waals surface area contributed by atoms with Crippen molar-refractivity contribution in [2.75, 3.05) is 0 Å². The van der Waals surface area contributed by atoms with E-state index in [1.165, 1.54) is 17.4 Å². The molecule has 4 nitrogen and oxygen atoms in total. The molecule has 15 heavy (non-hydrogen) atoms. The minimum atomic E-state index is 0.359. The Morgan fingerprint density at radius 2 is 2.27 bits per heavy atom. The Morgan fingerprint density at radius 3 is 2.93 bits per heavy atom. The number of aldehydes is 1. The van der Waals surface area contributed by atoms with Gasteiger partial charge in [-0.15, -0.1) is 0 Å². The average molecular weight is 222 g/mol. The zero-order valence-electron chi connectivity index (χ0n) is 7.85. The largest absolute Gasteiger partial charge is 0.296 e. The van der Waals surface area contributed by atoms with Crippen LogP contribution in [0, 0.1) is 0 Å². The van der Waals surface area contributed by atoms with Gasteiger partial charge >= 0.3 is 0 Å². The van der Waals surface area contributed by atoms with Gasteiger partial charge in [0.05, 0.1) is 0 Å². The molecular weight excluding hydrogens is 214 g/mol. The van der Waals surface area contributed by atoms with E-state index in [1.54, 1.807) is 6.07 Å². The van der Waals surface area contributed by atoms with Crippen LogP contribution in [0.25, 0.3) is 5.65 Å². The summed E-state index contributed by atoms with van der Waals surface area (Å²) in [5, 5.41) is 4.52. The summed E-state index contributed by atoms with van der Waals surface area (Å²) in [5.41, 5.74) is 2.01. The molecule has 1 aliphatic carbocycles. The minimum absolute atomic E-state index is 0.359. The first-order valence-electron chi connectivity index (χ1n) is 4.79. The Labute approximate surface area is 90.9 Å². The molecule has 2 aromatic heterocycles. The molecule has 0 amide bonds. The standard InChI is InChI=1S/C10H8ClN3O/c11-9-4-8(6-1-2-6)12-10-3-7(5-15)13-14(9)10/h3-6H,1-2H2. The van der Waals surface area contributed by atoms with Crippen LogP contribution in [0.1, 0.15) is 34.9 Å². The minimum Gasteiger partial charge on any atom is -0.296 e. The van der Waals surface area contributed by atoms with Crippen LogP contribution < -0.4 is 0 Å². The molecule has 5 heteroatoms. The van der Waals surface area contributed by atoms with E-state index in [2.05, 4.69) is 10.1 Å². The molecule has 1 aliphatic rings. The molecule has 0 aliphatic heterocycles. The molecular formula is C10H8ClN3O. The molecule has 0 unspecified atom stereocenters. The molecule has 3 rings (SSSR count). The maximum absolute atomic E-state index is 10.6. The van der Waals surface area contributed by atoms with E-state index in [0.717, 1.165) is 5.69 Å². The number of rotatable bonds is 2. The van der Waals surface area contributed by atoms with Crippen molar-refractivity contribution in [2.45, 2.75) is 18.8 Å². The van der Waals surface area contributed by atoms with Gasteiger partial charge in [0.1, 0.15) is 10.8 Å². The highest BCUT2D eigenvalue weighted by Gasteiger charge is 2.26. The van der Waals surface area contributed by atoms with Crippen molar-refractivity contribution in [1.82, 2.24) is 14.6 Å². The fraction of sp³-hybridized carbons (Fsp3) is 0.300. The van der Waals surface area contributed by atoms with Gasteiger partial charge < -0.3 is 0 Å². The van der Waals surface area contributed by atoms with Crippen LogP contribution in [0.3, 0.4) is 0 Å². The molecule has 0 saturated heterocycles. The third-order valence-electron chi connectivity index (χ3n) is 2.54. The van der Waals surface area contributed by atoms with Crippen LogP contribution in [0.15, 0.2) is 12.1 Å². The SMILES string of the molecule is O=Cc1cc2nc(C3CC3)cc(Cl)n2n1. The molecule has 1 saturated carbocycles. The van der Waals surface area contributed by atoms with Gasteiger partial charge in [-0.2, -0.15) is 5.10 Å². The van der Waals surface area contributed by atoms with E-state index in [4.69, 9.17) is 11.6 Å². The summed E-state index contributed by atoms with van der Waals surface area (Å²) >= 11 is 6.05. The van der Waals surface area contributed by atoms with E-state index in [9.17, 15) is 4.79 Å². The lowest BCUT2D eigenvalue weighted by molar-refractivity contribution is 0.111. The molecule has 0 bridgehead atoms. The molecule has 1 fully saturated rings. The first-order chi connectivity index (χ1) is 7.28. The summed E-state index contributed by atoms with van der Waals surface area (Å²) < 4.78 is 1.48. The lowest BCUT2D eigenvalue weighted by Crippen LogP contribution is -1.96. The fourth-order valence-corrected chi connectivity index (χ4v) is 1.86. The van der Waals surface area contributed by atoms with Crippen molar-refractivity contribution < 1.29 is 4.79 Å². The Kier molecular flexibility index (Phi) is 1.79. The highest BCUT2D eigenvalue weighted by molar-refractivity contribution is 6.29. The van der Waals surface area contributed by atoms with Gasteiger partial charge in [-0.05, 0) is 18.9 Å². The first-order valence-corrected chi connectivity index (χ1v) is 5.17. The number of nitrogens with zero attached hydrogens (tertiary/aromatic N) is 3. The Morgan fingerprint density at radius 1 is 1.47 bits per heavy atom. The van der Waals surface area contributed by atoms with Crippen molar-refractivity contribution in [3.63, 3.8) is 0 Å². The number of carbonyl (C=O) groups is 1. The first kappa shape index (κ1) is 8.85. The van der Waals surface area contributed by atoms with Crippen molar-refractivity contribution in [2.24, 2.45) is 0 Å². The molecule has 2 heterocycles. The normalized spacial score (nSPS) is 15.8. The quantitative estimate of drug-likeness (QED) is 0.576. The van der Waals surface area contributed by atoms with Crippen molar-refractivity contribution >= 4 is 23.5 Å². The lowest BCUT2D eigenvalue weighted by Gasteiger charge is -2.00. The zero-order valence-corrected chi connectivity index (χ0v) is 8.61. The van der Waals surface area contributed by atoms with E-state index in [-0.39, 0.29) is 0 Å². The molecule has 0 spiro atoms. The predicted molar refractivity (Wildman–Crippen MR) is 55.4 cm³/mol. The number of carbonyl (C=O) groups excluding carboxylic acids is 1. The number of halogens is 1. The maximum atomic E-state index is 10.6. The van der Waals surface area contributed by atoms with Crippen LogP contribution in [-0.2, 0) is 0 Å². The van der Waals surface area contributed by atoms with Gasteiger partial charge in [-0.25, -0.2) is 9.50 Å². The average Bonchev–Trinajstić information content (AvgIpc) is 2.98. The topological polar surface area (TPSA) is 47.3 Å². The van der Waals surface area contributed by atoms with Gasteiger partial charge in [0, 0.05) is 17.7 Å². The molecule has 0 radical (unpaired) electrons. The number of hydrogen-bond acceptors (Lipinski definition) is 3. The van der Waals surface area contributed by atoms with Crippen LogP contribution in [0.2, 0.25) is 5.15 Å². The Hall–Kier alpha value is -1.42. The van der Waals surface area contributed by atoms with Gasteiger partial charge in [0.15, 0.2) is 11.9 Å². The molecule has 2 aromatic rings. The molecule has 0 aromatic carbocycles. The summed E-state index contributed by atoms with van der Waals surface area (Å²) in [4.78, 5) is 15.0. The highest BCUT2D eigenvalue weighted by Crippen LogP contribution is 2.39. The molecule has 0 atom stereocenters. The predicted octanol–water partition coefficient (Wildman–Crippen LogP) is 2.07. The Bertz CT molecular complexity index is 545. The second-order valence-electron chi connectivity index (χ2n) is 3.74. The van der Waals surface area contributed by atoms with E-state index >= 15 is 0 Å².